The van der Waals surface area contributed by atoms with Crippen molar-refractivity contribution in [3.63, 3.8) is 0 Å². The third-order valence-electron chi connectivity index (χ3n) is 3.42. The Labute approximate surface area is 82.2 Å². The van der Waals surface area contributed by atoms with Gasteiger partial charge in [0.2, 0.25) is 0 Å². The normalized spacial score (nSPS) is 25.5. The molecule has 1 rings (SSSR count). The van der Waals surface area contributed by atoms with Crippen molar-refractivity contribution in [3.8, 4) is 0 Å². The number of rotatable bonds is 2. The van der Waals surface area contributed by atoms with Gasteiger partial charge in [-0.2, -0.15) is 0 Å². The molecule has 0 fully saturated rings. The van der Waals surface area contributed by atoms with Crippen LogP contribution < -0.4 is 0 Å². The van der Waals surface area contributed by atoms with Crippen molar-refractivity contribution in [2.45, 2.75) is 34.1 Å². The Morgan fingerprint density at radius 2 is 2.00 bits per heavy atom. The molecule has 1 heterocycles. The number of hydrogen-bond acceptors (Lipinski definition) is 0. The van der Waals surface area contributed by atoms with E-state index in [0.29, 0.717) is 0 Å². The quantitative estimate of drug-likeness (QED) is 0.575. The van der Waals surface area contributed by atoms with Crippen LogP contribution in [0.2, 0.25) is 0 Å². The smallest absolute Gasteiger partial charge is 0.164 e. The summed E-state index contributed by atoms with van der Waals surface area (Å²) in [7, 11) is 2.13. The molecule has 1 nitrogen and oxygen atoms in total. The summed E-state index contributed by atoms with van der Waals surface area (Å²) in [5, 5.41) is 0. The minimum Gasteiger partial charge on any atom is -0.209 e. The fraction of sp³-hybridized carbons (Fsp3) is 0.750. The van der Waals surface area contributed by atoms with Gasteiger partial charge in [0.1, 0.15) is 7.05 Å². The summed E-state index contributed by atoms with van der Waals surface area (Å²) < 4.78 is 2.23. The molecule has 2 atom stereocenters. The van der Waals surface area contributed by atoms with Crippen molar-refractivity contribution in [2.24, 2.45) is 17.8 Å². The van der Waals surface area contributed by atoms with E-state index in [1.54, 1.807) is 0 Å². The SMILES string of the molecule is CC1=[N+](C)C=CC(C(C)C(C)C)C1. The highest BCUT2D eigenvalue weighted by Crippen LogP contribution is 2.26. The topological polar surface area (TPSA) is 3.01 Å². The average molecular weight is 180 g/mol. The standard InChI is InChI=1S/C12H22N/c1-9(2)11(4)12-6-7-13(5)10(3)8-12/h6-7,9,11-12H,8H2,1-5H3/q+1. The van der Waals surface area contributed by atoms with Crippen molar-refractivity contribution in [2.75, 3.05) is 7.05 Å². The van der Waals surface area contributed by atoms with Crippen LogP contribution in [0.15, 0.2) is 12.3 Å². The van der Waals surface area contributed by atoms with E-state index in [0.717, 1.165) is 17.8 Å². The van der Waals surface area contributed by atoms with Gasteiger partial charge < -0.3 is 0 Å². The second-order valence-electron chi connectivity index (χ2n) is 4.66. The maximum absolute atomic E-state index is 2.36. The third kappa shape index (κ3) is 2.43. The van der Waals surface area contributed by atoms with Gasteiger partial charge in [0.15, 0.2) is 11.9 Å². The lowest BCUT2D eigenvalue weighted by molar-refractivity contribution is -0.427. The largest absolute Gasteiger partial charge is 0.209 e. The average Bonchev–Trinajstić information content (AvgIpc) is 2.08. The first-order chi connectivity index (χ1) is 6.02. The molecule has 0 aromatic rings. The van der Waals surface area contributed by atoms with E-state index in [9.17, 15) is 0 Å². The fourth-order valence-electron chi connectivity index (χ4n) is 1.78. The van der Waals surface area contributed by atoms with E-state index in [1.165, 1.54) is 12.1 Å². The predicted molar refractivity (Wildman–Crippen MR) is 58.1 cm³/mol. The second-order valence-corrected chi connectivity index (χ2v) is 4.66. The van der Waals surface area contributed by atoms with E-state index in [4.69, 9.17) is 0 Å². The second kappa shape index (κ2) is 4.08. The van der Waals surface area contributed by atoms with Crippen molar-refractivity contribution in [3.05, 3.63) is 12.3 Å². The first-order valence-corrected chi connectivity index (χ1v) is 5.26. The summed E-state index contributed by atoms with van der Waals surface area (Å²) in [5.74, 6) is 2.32. The minimum absolute atomic E-state index is 0.746. The van der Waals surface area contributed by atoms with Crippen molar-refractivity contribution in [1.29, 1.82) is 0 Å². The molecule has 0 saturated carbocycles. The third-order valence-corrected chi connectivity index (χ3v) is 3.42. The molecular formula is C12H22N+. The highest BCUT2D eigenvalue weighted by atomic mass is 15.0. The molecule has 74 valence electrons. The van der Waals surface area contributed by atoms with Crippen LogP contribution >= 0.6 is 0 Å². The molecule has 0 radical (unpaired) electrons. The molecule has 13 heavy (non-hydrogen) atoms. The van der Waals surface area contributed by atoms with Gasteiger partial charge in [-0.05, 0) is 23.8 Å². The van der Waals surface area contributed by atoms with Gasteiger partial charge in [0.05, 0.1) is 0 Å². The van der Waals surface area contributed by atoms with Crippen molar-refractivity contribution >= 4 is 5.71 Å². The van der Waals surface area contributed by atoms with Crippen molar-refractivity contribution < 1.29 is 4.58 Å². The van der Waals surface area contributed by atoms with Crippen molar-refractivity contribution in [1.82, 2.24) is 0 Å². The Hall–Kier alpha value is -0.590. The Morgan fingerprint density at radius 1 is 1.38 bits per heavy atom. The van der Waals surface area contributed by atoms with Gasteiger partial charge in [-0.25, -0.2) is 4.58 Å². The molecule has 0 saturated heterocycles. The lowest BCUT2D eigenvalue weighted by atomic mass is 9.81. The molecule has 0 spiro atoms. The molecule has 0 aromatic carbocycles. The predicted octanol–water partition coefficient (Wildman–Crippen LogP) is 2.92. The zero-order valence-electron chi connectivity index (χ0n) is 9.54. The molecule has 0 aliphatic carbocycles. The van der Waals surface area contributed by atoms with Gasteiger partial charge >= 0.3 is 0 Å². The zero-order valence-corrected chi connectivity index (χ0v) is 9.54. The fourth-order valence-corrected chi connectivity index (χ4v) is 1.78. The Balaban J connectivity index is 2.65. The van der Waals surface area contributed by atoms with Crippen LogP contribution in [0.4, 0.5) is 0 Å². The first-order valence-electron chi connectivity index (χ1n) is 5.26. The van der Waals surface area contributed by atoms with Gasteiger partial charge in [0.25, 0.3) is 0 Å². The van der Waals surface area contributed by atoms with E-state index in [1.807, 2.05) is 0 Å². The summed E-state index contributed by atoms with van der Waals surface area (Å²) in [6.07, 6.45) is 5.80. The van der Waals surface area contributed by atoms with Crippen LogP contribution in [-0.4, -0.2) is 17.3 Å². The molecule has 1 aliphatic heterocycles. The van der Waals surface area contributed by atoms with E-state index < -0.39 is 0 Å². The first kappa shape index (κ1) is 10.5. The van der Waals surface area contributed by atoms with Gasteiger partial charge in [-0.1, -0.05) is 20.8 Å². The van der Waals surface area contributed by atoms with Crippen LogP contribution in [0.3, 0.4) is 0 Å². The molecule has 0 amide bonds. The van der Waals surface area contributed by atoms with Crippen LogP contribution in [0.25, 0.3) is 0 Å². The highest BCUT2D eigenvalue weighted by Gasteiger charge is 2.24. The Bertz CT molecular complexity index is 236. The van der Waals surface area contributed by atoms with E-state index in [2.05, 4.69) is 51.6 Å². The molecule has 1 heteroatoms. The van der Waals surface area contributed by atoms with E-state index in [-0.39, 0.29) is 0 Å². The molecule has 2 unspecified atom stereocenters. The molecular weight excluding hydrogens is 158 g/mol. The van der Waals surface area contributed by atoms with Gasteiger partial charge in [-0.3, -0.25) is 0 Å². The molecule has 0 bridgehead atoms. The summed E-state index contributed by atoms with van der Waals surface area (Å²) in [4.78, 5) is 0. The number of hydrogen-bond donors (Lipinski definition) is 0. The molecule has 1 aliphatic rings. The number of allylic oxidation sites excluding steroid dienone is 1. The maximum Gasteiger partial charge on any atom is 0.164 e. The Morgan fingerprint density at radius 3 is 2.46 bits per heavy atom. The zero-order chi connectivity index (χ0) is 10.0. The van der Waals surface area contributed by atoms with Crippen LogP contribution in [0.5, 0.6) is 0 Å². The summed E-state index contributed by atoms with van der Waals surface area (Å²) in [6, 6.07) is 0. The summed E-state index contributed by atoms with van der Waals surface area (Å²) in [5.41, 5.74) is 1.49. The maximum atomic E-state index is 2.36. The van der Waals surface area contributed by atoms with Gasteiger partial charge in [0, 0.05) is 13.3 Å². The monoisotopic (exact) mass is 180 g/mol. The van der Waals surface area contributed by atoms with Crippen LogP contribution in [0.1, 0.15) is 34.1 Å². The lowest BCUT2D eigenvalue weighted by Gasteiger charge is -2.24. The van der Waals surface area contributed by atoms with Crippen LogP contribution in [-0.2, 0) is 0 Å². The van der Waals surface area contributed by atoms with E-state index >= 15 is 0 Å². The highest BCUT2D eigenvalue weighted by molar-refractivity contribution is 5.78. The summed E-state index contributed by atoms with van der Waals surface area (Å²) in [6.45, 7) is 9.21. The Kier molecular flexibility index (Phi) is 3.29. The molecule has 0 aromatic heterocycles. The van der Waals surface area contributed by atoms with Gasteiger partial charge in [-0.15, -0.1) is 0 Å². The summed E-state index contributed by atoms with van der Waals surface area (Å²) >= 11 is 0. The lowest BCUT2D eigenvalue weighted by Crippen LogP contribution is -2.24. The molecule has 0 N–H and O–H groups in total. The van der Waals surface area contributed by atoms with Crippen LogP contribution in [0, 0.1) is 17.8 Å². The number of nitrogens with zero attached hydrogens (tertiary/aromatic N) is 1. The minimum atomic E-state index is 0.746.